The van der Waals surface area contributed by atoms with Crippen molar-refractivity contribution in [3.05, 3.63) is 48.2 Å². The van der Waals surface area contributed by atoms with E-state index in [0.29, 0.717) is 0 Å². The molecule has 26 heavy (non-hydrogen) atoms. The minimum absolute atomic E-state index is 0. The van der Waals surface area contributed by atoms with Crippen molar-refractivity contribution < 1.29 is 33.1 Å². The van der Waals surface area contributed by atoms with Gasteiger partial charge in [-0.15, -0.1) is 35.9 Å². The molecular formula is C21H34IrNO2Si-. The van der Waals surface area contributed by atoms with E-state index in [1.165, 1.54) is 0 Å². The summed E-state index contributed by atoms with van der Waals surface area (Å²) in [5.41, 5.74) is 1.99. The second-order valence-electron chi connectivity index (χ2n) is 7.52. The summed E-state index contributed by atoms with van der Waals surface area (Å²) in [4.78, 5) is 4.61. The second-order valence-corrected chi connectivity index (χ2v) is 12.6. The maximum absolute atomic E-state index is 8.75. The van der Waals surface area contributed by atoms with Crippen LogP contribution in [0.5, 0.6) is 0 Å². The number of nitrogens with zero attached hydrogens (tertiary/aromatic N) is 1. The van der Waals surface area contributed by atoms with Gasteiger partial charge >= 0.3 is 0 Å². The molecule has 1 aromatic carbocycles. The zero-order chi connectivity index (χ0) is 21.5. The van der Waals surface area contributed by atoms with E-state index in [1.54, 1.807) is 0 Å². The summed E-state index contributed by atoms with van der Waals surface area (Å²) in [6, 6.07) is 12.8. The number of aliphatic hydroxyl groups excluding tert-OH is 2. The summed E-state index contributed by atoms with van der Waals surface area (Å²) in [6.07, 6.45) is 0.469. The molecule has 1 aromatic heterocycles. The Labute approximate surface area is 177 Å². The van der Waals surface area contributed by atoms with Gasteiger partial charge in [0.15, 0.2) is 0 Å². The quantitative estimate of drug-likeness (QED) is 0.447. The first-order valence-corrected chi connectivity index (χ1v) is 11.8. The van der Waals surface area contributed by atoms with Crippen LogP contribution in [-0.4, -0.2) is 37.5 Å². The molecule has 2 N–H and O–H groups in total. The summed E-state index contributed by atoms with van der Waals surface area (Å²) in [6.45, 7) is 12.6. The Morgan fingerprint density at radius 3 is 2.12 bits per heavy atom. The molecule has 0 saturated heterocycles. The number of hydrogen-bond donors (Lipinski definition) is 2. The van der Waals surface area contributed by atoms with Gasteiger partial charge in [-0.05, 0) is 22.7 Å². The van der Waals surface area contributed by atoms with E-state index >= 15 is 0 Å². The summed E-state index contributed by atoms with van der Waals surface area (Å²) >= 11 is 0. The van der Waals surface area contributed by atoms with Gasteiger partial charge in [0, 0.05) is 43.3 Å². The Hall–Kier alpha value is -0.844. The van der Waals surface area contributed by atoms with E-state index in [4.69, 9.17) is 13.0 Å². The number of aliphatic hydroxyl groups is 2. The van der Waals surface area contributed by atoms with Gasteiger partial charge < -0.3 is 15.2 Å². The smallest absolute Gasteiger partial charge is 0.0798 e. The molecule has 0 bridgehead atoms. The Bertz CT molecular complexity index is 700. The monoisotopic (exact) mass is 555 g/mol. The molecule has 0 spiro atoms. The average molecular weight is 555 g/mol. The third-order valence-electron chi connectivity index (χ3n) is 3.21. The van der Waals surface area contributed by atoms with Crippen molar-refractivity contribution in [3.8, 4) is 11.3 Å². The predicted molar refractivity (Wildman–Crippen MR) is 111 cm³/mol. The Balaban J connectivity index is 0. The molecule has 0 amide bonds. The van der Waals surface area contributed by atoms with Crippen molar-refractivity contribution in [2.24, 2.45) is 5.41 Å². The molecule has 5 heteroatoms. The van der Waals surface area contributed by atoms with Crippen LogP contribution in [0.1, 0.15) is 29.1 Å². The third kappa shape index (κ3) is 9.20. The molecule has 0 fully saturated rings. The van der Waals surface area contributed by atoms with Crippen LogP contribution in [0.15, 0.2) is 36.5 Å². The van der Waals surface area contributed by atoms with Crippen LogP contribution in [0.3, 0.4) is 0 Å². The van der Waals surface area contributed by atoms with Crippen LogP contribution < -0.4 is 5.19 Å². The molecule has 1 radical (unpaired) electrons. The van der Waals surface area contributed by atoms with Gasteiger partial charge in [0.05, 0.1) is 8.07 Å². The van der Waals surface area contributed by atoms with E-state index in [0.717, 1.165) is 36.2 Å². The molecule has 3 nitrogen and oxygen atoms in total. The van der Waals surface area contributed by atoms with Crippen molar-refractivity contribution in [3.63, 3.8) is 0 Å². The van der Waals surface area contributed by atoms with E-state index < -0.39 is 19.9 Å². The van der Waals surface area contributed by atoms with Crippen molar-refractivity contribution in [2.75, 3.05) is 14.2 Å². The topological polar surface area (TPSA) is 53.4 Å². The molecule has 0 saturated carbocycles. The average Bonchev–Trinajstić information content (AvgIpc) is 2.63. The first-order valence-electron chi connectivity index (χ1n) is 9.32. The van der Waals surface area contributed by atoms with Crippen molar-refractivity contribution in [1.29, 1.82) is 0 Å². The molecule has 149 valence electrons. The SMILES string of the molecule is CO.CO.[2H]C([2H])(c1cc(-c2[c-]cccc2)ncc1[Si](C)(C)C)C(C)(C)C.[Ir]. The summed E-state index contributed by atoms with van der Waals surface area (Å²) in [7, 11) is 0.297. The summed E-state index contributed by atoms with van der Waals surface area (Å²) < 4.78 is 17.5. The van der Waals surface area contributed by atoms with Gasteiger partial charge in [-0.3, -0.25) is 0 Å². The standard InChI is InChI=1S/C19H26NSi.2CH4O.Ir/c1-19(2,3)13-16-12-17(15-10-8-7-9-11-15)20-14-18(16)21(4,5)6;2*1-2;/h7-10,12,14H,13H2,1-6H3;2*2H,1H3;/q-1;;;/i13D2;;;. The van der Waals surface area contributed by atoms with Crippen LogP contribution in [0, 0.1) is 11.5 Å². The summed E-state index contributed by atoms with van der Waals surface area (Å²) in [5, 5.41) is 15.1. The summed E-state index contributed by atoms with van der Waals surface area (Å²) in [5.74, 6) is 0. The van der Waals surface area contributed by atoms with Crippen molar-refractivity contribution in [1.82, 2.24) is 4.98 Å². The van der Waals surface area contributed by atoms with Gasteiger partial charge in [0.25, 0.3) is 0 Å². The third-order valence-corrected chi connectivity index (χ3v) is 5.22. The van der Waals surface area contributed by atoms with Crippen molar-refractivity contribution >= 4 is 13.3 Å². The first-order chi connectivity index (χ1) is 12.4. The van der Waals surface area contributed by atoms with E-state index in [1.807, 2.05) is 57.3 Å². The number of benzene rings is 1. The fourth-order valence-corrected chi connectivity index (χ4v) is 3.65. The normalized spacial score (nSPS) is 12.2. The van der Waals surface area contributed by atoms with E-state index in [2.05, 4.69) is 30.7 Å². The van der Waals surface area contributed by atoms with Crippen LogP contribution >= 0.6 is 0 Å². The molecule has 0 unspecified atom stereocenters. The fraction of sp³-hybridized carbons (Fsp3) is 0.476. The number of aromatic nitrogens is 1. The van der Waals surface area contributed by atoms with Crippen molar-refractivity contribution in [2.45, 2.75) is 46.8 Å². The predicted octanol–water partition coefficient (Wildman–Crippen LogP) is 3.90. The van der Waals surface area contributed by atoms with E-state index in [-0.39, 0.29) is 20.1 Å². The van der Waals surface area contributed by atoms with Gasteiger partial charge in [-0.25, -0.2) is 0 Å². The van der Waals surface area contributed by atoms with E-state index in [9.17, 15) is 0 Å². The van der Waals surface area contributed by atoms with Gasteiger partial charge in [-0.2, -0.15) is 0 Å². The fourth-order valence-electron chi connectivity index (χ4n) is 2.26. The number of rotatable bonds is 3. The maximum atomic E-state index is 8.75. The molecule has 2 aromatic rings. The molecule has 0 aliphatic heterocycles. The molecule has 0 aliphatic rings. The first kappa shape index (κ1) is 23.2. The molecule has 2 rings (SSSR count). The van der Waals surface area contributed by atoms with Crippen LogP contribution in [-0.2, 0) is 26.5 Å². The van der Waals surface area contributed by atoms with Crippen LogP contribution in [0.25, 0.3) is 11.3 Å². The zero-order valence-electron chi connectivity index (χ0n) is 19.1. The number of pyridine rings is 1. The van der Waals surface area contributed by atoms with Crippen LogP contribution in [0.2, 0.25) is 19.6 Å². The molecular weight excluding hydrogens is 519 g/mol. The molecule has 0 aliphatic carbocycles. The van der Waals surface area contributed by atoms with Gasteiger partial charge in [-0.1, -0.05) is 52.0 Å². The zero-order valence-corrected chi connectivity index (χ0v) is 20.5. The Morgan fingerprint density at radius 2 is 1.69 bits per heavy atom. The maximum Gasteiger partial charge on any atom is 0.0798 e. The Kier molecular flexibility index (Phi) is 11.2. The van der Waals surface area contributed by atoms with Crippen LogP contribution in [0.4, 0.5) is 0 Å². The minimum Gasteiger partial charge on any atom is -0.400 e. The molecule has 0 atom stereocenters. The van der Waals surface area contributed by atoms with Gasteiger partial charge in [0.1, 0.15) is 0 Å². The second kappa shape index (κ2) is 12.5. The molecule has 1 heterocycles. The van der Waals surface area contributed by atoms with Gasteiger partial charge in [0.2, 0.25) is 0 Å². The largest absolute Gasteiger partial charge is 0.400 e. The Morgan fingerprint density at radius 1 is 1.12 bits per heavy atom. The minimum atomic E-state index is -1.70. The number of hydrogen-bond acceptors (Lipinski definition) is 3.